The van der Waals surface area contributed by atoms with Gasteiger partial charge in [-0.05, 0) is 40.9 Å². The number of hydrogen-bond acceptors (Lipinski definition) is 3. The van der Waals surface area contributed by atoms with Crippen molar-refractivity contribution in [2.75, 3.05) is 13.2 Å². The topological polar surface area (TPSA) is 42.4 Å². The Labute approximate surface area is 96.3 Å². The summed E-state index contributed by atoms with van der Waals surface area (Å²) in [7, 11) is 0. The van der Waals surface area contributed by atoms with Gasteiger partial charge in [0, 0.05) is 6.54 Å². The summed E-state index contributed by atoms with van der Waals surface area (Å²) < 4.78 is 0.658. The van der Waals surface area contributed by atoms with E-state index in [2.05, 4.69) is 20.9 Å². The lowest BCUT2D eigenvalue weighted by atomic mass is 10.3. The molecule has 1 aliphatic rings. The molecule has 1 aliphatic heterocycles. The van der Waals surface area contributed by atoms with Gasteiger partial charge in [0.1, 0.15) is 10.3 Å². The van der Waals surface area contributed by atoms with Crippen molar-refractivity contribution < 1.29 is 9.63 Å². The van der Waals surface area contributed by atoms with Crippen molar-refractivity contribution in [3.63, 3.8) is 0 Å². The zero-order valence-corrected chi connectivity index (χ0v) is 9.74. The SMILES string of the molecule is O=C(c1cccc(Br)n1)N1CCCCO1. The fourth-order valence-electron chi connectivity index (χ4n) is 1.41. The molecule has 2 heterocycles. The van der Waals surface area contributed by atoms with Crippen LogP contribution in [0.4, 0.5) is 0 Å². The van der Waals surface area contributed by atoms with Gasteiger partial charge in [0.25, 0.3) is 5.91 Å². The number of hydroxylamine groups is 2. The van der Waals surface area contributed by atoms with E-state index < -0.39 is 0 Å². The van der Waals surface area contributed by atoms with E-state index in [1.54, 1.807) is 18.2 Å². The summed E-state index contributed by atoms with van der Waals surface area (Å²) in [5.41, 5.74) is 0.409. The van der Waals surface area contributed by atoms with E-state index >= 15 is 0 Å². The zero-order chi connectivity index (χ0) is 10.7. The van der Waals surface area contributed by atoms with E-state index in [0.29, 0.717) is 23.4 Å². The van der Waals surface area contributed by atoms with Crippen molar-refractivity contribution >= 4 is 21.8 Å². The molecular weight excluding hydrogens is 260 g/mol. The summed E-state index contributed by atoms with van der Waals surface area (Å²) >= 11 is 3.23. The van der Waals surface area contributed by atoms with Gasteiger partial charge in [-0.3, -0.25) is 9.63 Å². The molecule has 15 heavy (non-hydrogen) atoms. The lowest BCUT2D eigenvalue weighted by Gasteiger charge is -2.25. The van der Waals surface area contributed by atoms with Crippen LogP contribution in [0, 0.1) is 0 Å². The molecular formula is C10H11BrN2O2. The molecule has 0 saturated carbocycles. The molecule has 80 valence electrons. The first-order chi connectivity index (χ1) is 7.27. The molecule has 0 aromatic carbocycles. The first kappa shape index (κ1) is 10.6. The molecule has 0 N–H and O–H groups in total. The molecule has 1 fully saturated rings. The molecule has 1 aromatic heterocycles. The van der Waals surface area contributed by atoms with Gasteiger partial charge in [0.2, 0.25) is 0 Å². The molecule has 0 unspecified atom stereocenters. The zero-order valence-electron chi connectivity index (χ0n) is 8.15. The molecule has 5 heteroatoms. The monoisotopic (exact) mass is 270 g/mol. The van der Waals surface area contributed by atoms with Crippen LogP contribution in [-0.2, 0) is 4.84 Å². The second-order valence-corrected chi connectivity index (χ2v) is 4.11. The molecule has 4 nitrogen and oxygen atoms in total. The van der Waals surface area contributed by atoms with E-state index in [9.17, 15) is 4.79 Å². The highest BCUT2D eigenvalue weighted by Crippen LogP contribution is 2.12. The highest BCUT2D eigenvalue weighted by atomic mass is 79.9. The van der Waals surface area contributed by atoms with Crippen LogP contribution in [0.25, 0.3) is 0 Å². The molecule has 2 rings (SSSR count). The summed E-state index contributed by atoms with van der Waals surface area (Å²) in [5.74, 6) is -0.170. The number of carbonyl (C=O) groups is 1. The first-order valence-electron chi connectivity index (χ1n) is 4.85. The Hall–Kier alpha value is -0.940. The smallest absolute Gasteiger partial charge is 0.271 e. The maximum absolute atomic E-state index is 11.9. The molecule has 1 saturated heterocycles. The first-order valence-corrected chi connectivity index (χ1v) is 5.64. The van der Waals surface area contributed by atoms with Crippen LogP contribution >= 0.6 is 15.9 Å². The Balaban J connectivity index is 2.12. The summed E-state index contributed by atoms with van der Waals surface area (Å²) in [4.78, 5) is 21.2. The minimum Gasteiger partial charge on any atom is -0.271 e. The summed E-state index contributed by atoms with van der Waals surface area (Å²) in [6.45, 7) is 1.26. The van der Waals surface area contributed by atoms with E-state index in [4.69, 9.17) is 4.84 Å². The standard InChI is InChI=1S/C10H11BrN2O2/c11-9-5-3-4-8(12-9)10(14)13-6-1-2-7-15-13/h3-5H,1-2,6-7H2. The number of aromatic nitrogens is 1. The van der Waals surface area contributed by atoms with E-state index in [-0.39, 0.29) is 5.91 Å². The number of carbonyl (C=O) groups excluding carboxylic acids is 1. The van der Waals surface area contributed by atoms with Crippen molar-refractivity contribution in [2.24, 2.45) is 0 Å². The number of halogens is 1. The van der Waals surface area contributed by atoms with Gasteiger partial charge in [-0.2, -0.15) is 0 Å². The van der Waals surface area contributed by atoms with Crippen LogP contribution in [0.15, 0.2) is 22.8 Å². The Morgan fingerprint density at radius 2 is 2.33 bits per heavy atom. The molecule has 0 spiro atoms. The lowest BCUT2D eigenvalue weighted by molar-refractivity contribution is -0.144. The van der Waals surface area contributed by atoms with Crippen LogP contribution in [0.5, 0.6) is 0 Å². The number of pyridine rings is 1. The van der Waals surface area contributed by atoms with Crippen molar-refractivity contribution in [1.82, 2.24) is 10.0 Å². The molecule has 1 amide bonds. The van der Waals surface area contributed by atoms with Crippen LogP contribution in [0.1, 0.15) is 23.3 Å². The summed E-state index contributed by atoms with van der Waals surface area (Å²) in [6, 6.07) is 5.26. The third-order valence-electron chi connectivity index (χ3n) is 2.16. The minimum atomic E-state index is -0.170. The van der Waals surface area contributed by atoms with Gasteiger partial charge in [-0.1, -0.05) is 6.07 Å². The Morgan fingerprint density at radius 1 is 1.47 bits per heavy atom. The number of amides is 1. The van der Waals surface area contributed by atoms with Crippen LogP contribution in [0.2, 0.25) is 0 Å². The average Bonchev–Trinajstić information content (AvgIpc) is 2.29. The molecule has 0 aliphatic carbocycles. The predicted molar refractivity (Wildman–Crippen MR) is 58.2 cm³/mol. The average molecular weight is 271 g/mol. The minimum absolute atomic E-state index is 0.170. The third kappa shape index (κ3) is 2.54. The van der Waals surface area contributed by atoms with Crippen LogP contribution in [0.3, 0.4) is 0 Å². The van der Waals surface area contributed by atoms with Gasteiger partial charge < -0.3 is 0 Å². The van der Waals surface area contributed by atoms with Crippen molar-refractivity contribution in [1.29, 1.82) is 0 Å². The second kappa shape index (κ2) is 4.72. The quantitative estimate of drug-likeness (QED) is 0.734. The highest BCUT2D eigenvalue weighted by molar-refractivity contribution is 9.10. The van der Waals surface area contributed by atoms with E-state index in [0.717, 1.165) is 12.8 Å². The normalized spacial score (nSPS) is 16.5. The van der Waals surface area contributed by atoms with Gasteiger partial charge in [-0.25, -0.2) is 10.0 Å². The molecule has 0 bridgehead atoms. The van der Waals surface area contributed by atoms with Crippen molar-refractivity contribution in [2.45, 2.75) is 12.8 Å². The number of hydrogen-bond donors (Lipinski definition) is 0. The largest absolute Gasteiger partial charge is 0.296 e. The number of rotatable bonds is 1. The van der Waals surface area contributed by atoms with Gasteiger partial charge in [0.15, 0.2) is 0 Å². The van der Waals surface area contributed by atoms with Crippen molar-refractivity contribution in [3.05, 3.63) is 28.5 Å². The van der Waals surface area contributed by atoms with Crippen molar-refractivity contribution in [3.8, 4) is 0 Å². The Kier molecular flexibility index (Phi) is 3.33. The second-order valence-electron chi connectivity index (χ2n) is 3.29. The summed E-state index contributed by atoms with van der Waals surface area (Å²) in [6.07, 6.45) is 2.00. The van der Waals surface area contributed by atoms with Crippen LogP contribution in [-0.4, -0.2) is 29.1 Å². The Bertz CT molecular complexity index is 364. The molecule has 1 aromatic rings. The molecule has 0 radical (unpaired) electrons. The fourth-order valence-corrected chi connectivity index (χ4v) is 1.76. The fraction of sp³-hybridized carbons (Fsp3) is 0.400. The third-order valence-corrected chi connectivity index (χ3v) is 2.61. The highest BCUT2D eigenvalue weighted by Gasteiger charge is 2.20. The summed E-state index contributed by atoms with van der Waals surface area (Å²) in [5, 5.41) is 1.39. The van der Waals surface area contributed by atoms with E-state index in [1.165, 1.54) is 5.06 Å². The maximum Gasteiger partial charge on any atom is 0.296 e. The Morgan fingerprint density at radius 3 is 3.00 bits per heavy atom. The van der Waals surface area contributed by atoms with Gasteiger partial charge >= 0.3 is 0 Å². The van der Waals surface area contributed by atoms with E-state index in [1.807, 2.05) is 0 Å². The van der Waals surface area contributed by atoms with Gasteiger partial charge in [-0.15, -0.1) is 0 Å². The number of nitrogens with zero attached hydrogens (tertiary/aromatic N) is 2. The van der Waals surface area contributed by atoms with Gasteiger partial charge in [0.05, 0.1) is 6.61 Å². The lowest BCUT2D eigenvalue weighted by Crippen LogP contribution is -2.36. The maximum atomic E-state index is 11.9. The molecule has 0 atom stereocenters. The van der Waals surface area contributed by atoms with Crippen LogP contribution < -0.4 is 0 Å². The predicted octanol–water partition coefficient (Wildman–Crippen LogP) is 2.01.